The maximum absolute atomic E-state index is 3.87. The van der Waals surface area contributed by atoms with Gasteiger partial charge in [0.1, 0.15) is 0 Å². The van der Waals surface area contributed by atoms with Gasteiger partial charge in [0.15, 0.2) is 0 Å². The van der Waals surface area contributed by atoms with Gasteiger partial charge in [-0.05, 0) is 254 Å². The first-order chi connectivity index (χ1) is 54.9. The maximum Gasteiger partial charge on any atom is 0.0588 e. The van der Waals surface area contributed by atoms with E-state index in [0.29, 0.717) is 68.9 Å². The topological polar surface area (TPSA) is 0 Å². The largest absolute Gasteiger partial charge is 0.0628 e. The monoisotopic (exact) mass is 1520 g/mol. The van der Waals surface area contributed by atoms with Gasteiger partial charge in [0.2, 0.25) is 0 Å². The van der Waals surface area contributed by atoms with E-state index in [1.807, 2.05) is 0 Å². The minimum absolute atomic E-state index is 0.676. The molecule has 0 spiro atoms. The molecule has 0 saturated heterocycles. The van der Waals surface area contributed by atoms with Gasteiger partial charge in [-0.1, -0.05) is 384 Å². The summed E-state index contributed by atoms with van der Waals surface area (Å²) in [6.45, 7) is 42.6. The molecule has 0 heteroatoms. The lowest BCUT2D eigenvalue weighted by molar-refractivity contribution is 0.437. The van der Waals surface area contributed by atoms with E-state index in [2.05, 4.69) is 341 Å². The lowest BCUT2D eigenvalue weighted by atomic mass is 9.86. The number of hydrogen-bond acceptors (Lipinski definition) is 0. The van der Waals surface area contributed by atoms with E-state index in [0.717, 1.165) is 107 Å². The molecule has 7 aromatic rings. The fourth-order valence-corrected chi connectivity index (χ4v) is 15.4. The first-order valence-corrected chi connectivity index (χ1v) is 45.8. The number of rotatable bonds is 42. The Balaban J connectivity index is 1.50. The summed E-state index contributed by atoms with van der Waals surface area (Å²) >= 11 is 0. The lowest BCUT2D eigenvalue weighted by Crippen LogP contribution is -2.05. The summed E-state index contributed by atoms with van der Waals surface area (Å²) in [5.41, 5.74) is 17.9. The Kier molecular flexibility index (Phi) is 42.3. The molecule has 0 heterocycles. The molecule has 7 aromatic carbocycles. The van der Waals surface area contributed by atoms with Crippen molar-refractivity contribution >= 4 is 0 Å². The molecular weight excluding hydrogens is 1370 g/mol. The Morgan fingerprint density at radius 2 is 0.272 bits per heavy atom. The maximum atomic E-state index is 3.87. The SMILES string of the molecule is CC(C)CCCC(C)CCc1ccc(C#Cc2c(C#Cc3ccc(CCC(C)CCCC(C)C)cc3)c(C#Cc3ccc(CCC(C)CCCC(C)C)cc3)c(C#Cc3ccc(CCC(C)CCCC(C)C)cc3)c(C#Cc3ccc(CCC(C)CCCC(C)C)cc3)c2C#Cc2ccc(CCC(C)CCCC(C)C)cc2)cc1. The Morgan fingerprint density at radius 1 is 0.149 bits per heavy atom. The summed E-state index contributed by atoms with van der Waals surface area (Å²) in [6.07, 6.45) is 36.4. The van der Waals surface area contributed by atoms with E-state index in [1.165, 1.54) is 187 Å². The van der Waals surface area contributed by atoms with Crippen molar-refractivity contribution in [3.8, 4) is 71.0 Å². The smallest absolute Gasteiger partial charge is 0.0588 e. The molecule has 7 rings (SSSR count). The van der Waals surface area contributed by atoms with Crippen LogP contribution in [0.5, 0.6) is 0 Å². The zero-order valence-electron chi connectivity index (χ0n) is 75.0. The minimum atomic E-state index is 0.676. The van der Waals surface area contributed by atoms with E-state index in [4.69, 9.17) is 0 Å². The minimum Gasteiger partial charge on any atom is -0.0628 e. The zero-order valence-corrected chi connectivity index (χ0v) is 75.0. The summed E-state index contributed by atoms with van der Waals surface area (Å²) in [6, 6.07) is 53.9. The van der Waals surface area contributed by atoms with Gasteiger partial charge in [0.25, 0.3) is 0 Å². The van der Waals surface area contributed by atoms with Crippen LogP contribution in [0.15, 0.2) is 146 Å². The summed E-state index contributed by atoms with van der Waals surface area (Å²) in [4.78, 5) is 0. The van der Waals surface area contributed by atoms with Crippen LogP contribution in [-0.4, -0.2) is 0 Å². The predicted molar refractivity (Wildman–Crippen MR) is 498 cm³/mol. The van der Waals surface area contributed by atoms with Crippen LogP contribution in [0.25, 0.3) is 0 Å². The summed E-state index contributed by atoms with van der Waals surface area (Å²) < 4.78 is 0. The van der Waals surface area contributed by atoms with Crippen molar-refractivity contribution in [2.45, 2.75) is 317 Å². The molecule has 0 saturated carbocycles. The van der Waals surface area contributed by atoms with Crippen molar-refractivity contribution in [2.24, 2.45) is 71.0 Å². The van der Waals surface area contributed by atoms with Crippen molar-refractivity contribution in [2.75, 3.05) is 0 Å². The third-order valence-electron chi connectivity index (χ3n) is 23.6. The molecule has 0 bridgehead atoms. The second-order valence-electron chi connectivity index (χ2n) is 37.7. The number of aryl methyl sites for hydroxylation is 6. The average molecular weight is 1520 g/mol. The summed E-state index contributed by atoms with van der Waals surface area (Å²) in [5, 5.41) is 0. The Bertz CT molecular complexity index is 3560. The van der Waals surface area contributed by atoms with E-state index in [1.54, 1.807) is 0 Å². The van der Waals surface area contributed by atoms with Crippen LogP contribution in [0.4, 0.5) is 0 Å². The van der Waals surface area contributed by atoms with Gasteiger partial charge in [0, 0.05) is 33.4 Å². The molecule has 0 nitrogen and oxygen atoms in total. The quantitative estimate of drug-likeness (QED) is 0.0335. The highest BCUT2D eigenvalue weighted by Gasteiger charge is 2.22. The van der Waals surface area contributed by atoms with Crippen LogP contribution in [0.2, 0.25) is 0 Å². The number of hydrogen-bond donors (Lipinski definition) is 0. The van der Waals surface area contributed by atoms with Crippen LogP contribution in [0, 0.1) is 142 Å². The van der Waals surface area contributed by atoms with Gasteiger partial charge in [-0.25, -0.2) is 0 Å². The van der Waals surface area contributed by atoms with Crippen molar-refractivity contribution in [3.05, 3.63) is 246 Å². The van der Waals surface area contributed by atoms with Crippen LogP contribution < -0.4 is 0 Å². The molecule has 0 amide bonds. The van der Waals surface area contributed by atoms with E-state index >= 15 is 0 Å². The predicted octanol–water partition coefficient (Wildman–Crippen LogP) is 30.5. The highest BCUT2D eigenvalue weighted by atomic mass is 14.2. The van der Waals surface area contributed by atoms with Crippen LogP contribution in [0.3, 0.4) is 0 Å². The number of benzene rings is 7. The molecule has 0 aliphatic rings. The standard InChI is InChI=1S/C114H150/c1-85(2)25-19-31-91(13)37-43-97-49-61-103(62-50-97)73-79-109-110(80-74-104-63-51-98(52-64-104)44-38-92(14)32-20-26-86(3)4)112(82-76-106-67-55-100(56-68-106)46-40-94(16)34-22-28-88(7)8)114(84-78-108-71-59-102(60-72-108)48-42-96(18)36-24-30-90(11)12)113(83-77-107-69-57-101(58-70-107)47-41-95(17)35-23-29-89(9)10)111(109)81-75-105-65-53-99(54-66-105)45-39-93(15)33-21-27-87(5)6/h49-72,85-96H,19-48H2,1-18H3. The first kappa shape index (κ1) is 93.1. The Hall–Kier alpha value is -8.10. The molecule has 0 N–H and O–H groups in total. The van der Waals surface area contributed by atoms with Gasteiger partial charge in [0.05, 0.1) is 33.4 Å². The Morgan fingerprint density at radius 3 is 0.386 bits per heavy atom. The summed E-state index contributed by atoms with van der Waals surface area (Å²) in [5.74, 6) is 54.2. The molecule has 0 fully saturated rings. The van der Waals surface area contributed by atoms with Crippen molar-refractivity contribution < 1.29 is 0 Å². The molecule has 114 heavy (non-hydrogen) atoms. The van der Waals surface area contributed by atoms with Gasteiger partial charge in [-0.2, -0.15) is 0 Å². The fourth-order valence-electron chi connectivity index (χ4n) is 15.4. The molecule has 0 aromatic heterocycles. The van der Waals surface area contributed by atoms with Crippen LogP contribution in [-0.2, 0) is 38.5 Å². The summed E-state index contributed by atoms with van der Waals surface area (Å²) in [7, 11) is 0. The molecule has 0 aliphatic carbocycles. The second kappa shape index (κ2) is 51.8. The molecular formula is C114H150. The zero-order chi connectivity index (χ0) is 82.0. The van der Waals surface area contributed by atoms with E-state index in [-0.39, 0.29) is 0 Å². The normalized spacial score (nSPS) is 12.8. The molecule has 6 atom stereocenters. The average Bonchev–Trinajstić information content (AvgIpc) is 0.761. The highest BCUT2D eigenvalue weighted by molar-refractivity contribution is 5.78. The molecule has 0 aliphatic heterocycles. The lowest BCUT2D eigenvalue weighted by Gasteiger charge is -2.13. The fraction of sp³-hybridized carbons (Fsp3) is 0.526. The highest BCUT2D eigenvalue weighted by Crippen LogP contribution is 2.31. The van der Waals surface area contributed by atoms with Gasteiger partial charge in [-0.3, -0.25) is 0 Å². The van der Waals surface area contributed by atoms with Gasteiger partial charge < -0.3 is 0 Å². The second-order valence-corrected chi connectivity index (χ2v) is 37.7. The third kappa shape index (κ3) is 37.2. The van der Waals surface area contributed by atoms with E-state index in [9.17, 15) is 0 Å². The van der Waals surface area contributed by atoms with Gasteiger partial charge >= 0.3 is 0 Å². The molecule has 606 valence electrons. The van der Waals surface area contributed by atoms with Crippen molar-refractivity contribution in [1.29, 1.82) is 0 Å². The van der Waals surface area contributed by atoms with Crippen molar-refractivity contribution in [1.82, 2.24) is 0 Å². The van der Waals surface area contributed by atoms with Crippen molar-refractivity contribution in [3.63, 3.8) is 0 Å². The third-order valence-corrected chi connectivity index (χ3v) is 23.6. The first-order valence-electron chi connectivity index (χ1n) is 45.8. The van der Waals surface area contributed by atoms with E-state index < -0.39 is 0 Å². The Labute approximate surface area is 700 Å². The van der Waals surface area contributed by atoms with Gasteiger partial charge in [-0.15, -0.1) is 0 Å². The molecule has 0 radical (unpaired) electrons. The molecule has 6 unspecified atom stereocenters. The van der Waals surface area contributed by atoms with Crippen LogP contribution >= 0.6 is 0 Å². The van der Waals surface area contributed by atoms with Crippen LogP contribution in [0.1, 0.15) is 379 Å².